The molecule has 1 aliphatic rings. The molecule has 0 aliphatic carbocycles. The average molecular weight is 506 g/mol. The van der Waals surface area contributed by atoms with Crippen LogP contribution in [0.15, 0.2) is 5.16 Å². The molecular weight excluding hydrogens is 470 g/mol. The Bertz CT molecular complexity index is 618. The Morgan fingerprint density at radius 2 is 1.55 bits per heavy atom. The molecule has 5 unspecified atom stereocenters. The van der Waals surface area contributed by atoms with Gasteiger partial charge in [-0.15, -0.1) is 0 Å². The Morgan fingerprint density at radius 3 is 2.10 bits per heavy atom. The van der Waals surface area contributed by atoms with Crippen LogP contribution in [0.25, 0.3) is 0 Å². The molecule has 0 amide bonds. The molecule has 10 nitrogen and oxygen atoms in total. The summed E-state index contributed by atoms with van der Waals surface area (Å²) in [6.45, 7) is -0.576. The molecule has 0 radical (unpaired) electrons. The summed E-state index contributed by atoms with van der Waals surface area (Å²) in [5, 5.41) is 42.7. The van der Waals surface area contributed by atoms with Crippen molar-refractivity contribution in [1.82, 2.24) is 0 Å². The van der Waals surface area contributed by atoms with Gasteiger partial charge in [0, 0.05) is 0 Å². The summed E-state index contributed by atoms with van der Waals surface area (Å²) in [4.78, 5) is 0. The second kappa shape index (κ2) is 15.7. The molecule has 1 fully saturated rings. The van der Waals surface area contributed by atoms with Gasteiger partial charge in [0.25, 0.3) is 0 Å². The van der Waals surface area contributed by atoms with E-state index in [1.807, 2.05) is 11.8 Å². The van der Waals surface area contributed by atoms with Crippen molar-refractivity contribution >= 4 is 39.0 Å². The number of nitrogens with zero attached hydrogens (tertiary/aromatic N) is 1. The van der Waals surface area contributed by atoms with Crippen molar-refractivity contribution in [3.8, 4) is 0 Å². The van der Waals surface area contributed by atoms with E-state index in [-0.39, 0.29) is 5.04 Å². The van der Waals surface area contributed by atoms with E-state index in [9.17, 15) is 28.8 Å². The molecular formula is C18H35NO9S3. The molecule has 0 bridgehead atoms. The van der Waals surface area contributed by atoms with Crippen molar-refractivity contribution in [3.63, 3.8) is 0 Å². The second-order valence-electron chi connectivity index (χ2n) is 7.37. The van der Waals surface area contributed by atoms with Gasteiger partial charge in [0.1, 0.15) is 34.9 Å². The van der Waals surface area contributed by atoms with Gasteiger partial charge in [-0.25, -0.2) is 4.28 Å². The highest BCUT2D eigenvalue weighted by atomic mass is 32.3. The molecule has 184 valence electrons. The van der Waals surface area contributed by atoms with Crippen LogP contribution in [-0.4, -0.2) is 86.9 Å². The minimum Gasteiger partial charge on any atom is -0.394 e. The SMILES string of the molecule is CSCCCCCCCCCCC(=NOS(=O)(=O)O)SC1OC(CO)C(O)C(O)C1O. The topological polar surface area (TPSA) is 166 Å². The largest absolute Gasteiger partial charge is 0.466 e. The molecule has 5 N–H and O–H groups in total. The first-order valence-corrected chi connectivity index (χ1v) is 14.0. The molecule has 1 heterocycles. The number of thioether (sulfide) groups is 2. The zero-order chi connectivity index (χ0) is 23.3. The van der Waals surface area contributed by atoms with Crippen LogP contribution in [0.4, 0.5) is 0 Å². The first-order valence-electron chi connectivity index (χ1n) is 10.4. The van der Waals surface area contributed by atoms with Crippen LogP contribution in [0.1, 0.15) is 57.8 Å². The highest BCUT2D eigenvalue weighted by molar-refractivity contribution is 8.14. The summed E-state index contributed by atoms with van der Waals surface area (Å²) < 4.78 is 40.0. The van der Waals surface area contributed by atoms with Crippen LogP contribution in [0.2, 0.25) is 0 Å². The molecule has 31 heavy (non-hydrogen) atoms. The van der Waals surface area contributed by atoms with Crippen molar-refractivity contribution in [2.75, 3.05) is 18.6 Å². The maximum absolute atomic E-state index is 10.9. The van der Waals surface area contributed by atoms with Crippen molar-refractivity contribution in [2.45, 2.75) is 87.6 Å². The van der Waals surface area contributed by atoms with Gasteiger partial charge in [0.15, 0.2) is 0 Å². The molecule has 13 heteroatoms. The number of hydrogen-bond acceptors (Lipinski definition) is 11. The number of unbranched alkanes of at least 4 members (excludes halogenated alkanes) is 7. The van der Waals surface area contributed by atoms with Gasteiger partial charge in [-0.1, -0.05) is 55.4 Å². The van der Waals surface area contributed by atoms with Crippen LogP contribution in [0.3, 0.4) is 0 Å². The molecule has 1 aliphatic heterocycles. The monoisotopic (exact) mass is 505 g/mol. The average Bonchev–Trinajstić information content (AvgIpc) is 2.72. The Hall–Kier alpha value is -0.120. The molecule has 0 saturated carbocycles. The third kappa shape index (κ3) is 12.1. The number of aliphatic hydroxyl groups is 4. The van der Waals surface area contributed by atoms with Gasteiger partial charge in [-0.3, -0.25) is 4.55 Å². The van der Waals surface area contributed by atoms with Crippen LogP contribution >= 0.6 is 23.5 Å². The molecule has 0 aromatic rings. The fourth-order valence-corrected chi connectivity index (χ4v) is 4.93. The lowest BCUT2D eigenvalue weighted by Crippen LogP contribution is -2.57. The van der Waals surface area contributed by atoms with Gasteiger partial charge in [-0.05, 0) is 31.3 Å². The van der Waals surface area contributed by atoms with Crippen molar-refractivity contribution in [1.29, 1.82) is 0 Å². The summed E-state index contributed by atoms with van der Waals surface area (Å²) in [6, 6.07) is 0. The van der Waals surface area contributed by atoms with E-state index in [1.54, 1.807) is 0 Å². The van der Waals surface area contributed by atoms with Crippen molar-refractivity contribution < 1.29 is 42.4 Å². The Kier molecular flexibility index (Phi) is 14.6. The number of hydrogen-bond donors (Lipinski definition) is 5. The van der Waals surface area contributed by atoms with Gasteiger partial charge < -0.3 is 25.2 Å². The maximum Gasteiger partial charge on any atom is 0.466 e. The molecule has 0 aromatic heterocycles. The number of ether oxygens (including phenoxy) is 1. The van der Waals surface area contributed by atoms with E-state index >= 15 is 0 Å². The lowest BCUT2D eigenvalue weighted by Gasteiger charge is -2.39. The third-order valence-corrected chi connectivity index (χ3v) is 6.96. The van der Waals surface area contributed by atoms with Crippen LogP contribution in [0, 0.1) is 0 Å². The van der Waals surface area contributed by atoms with E-state index in [2.05, 4.69) is 15.7 Å². The number of oxime groups is 1. The van der Waals surface area contributed by atoms with Crippen molar-refractivity contribution in [3.05, 3.63) is 0 Å². The zero-order valence-electron chi connectivity index (χ0n) is 17.7. The minimum absolute atomic E-state index is 0.138. The predicted octanol–water partition coefficient (Wildman–Crippen LogP) is 1.53. The second-order valence-corrected chi connectivity index (χ2v) is 10.5. The molecule has 0 spiro atoms. The van der Waals surface area contributed by atoms with E-state index in [1.165, 1.54) is 31.4 Å². The van der Waals surface area contributed by atoms with E-state index in [4.69, 9.17) is 9.29 Å². The highest BCUT2D eigenvalue weighted by Crippen LogP contribution is 2.31. The van der Waals surface area contributed by atoms with Crippen molar-refractivity contribution in [2.24, 2.45) is 5.16 Å². The smallest absolute Gasteiger partial charge is 0.394 e. The van der Waals surface area contributed by atoms with Gasteiger partial charge in [-0.2, -0.15) is 20.2 Å². The van der Waals surface area contributed by atoms with Crippen LogP contribution in [0.5, 0.6) is 0 Å². The first kappa shape index (κ1) is 28.9. The normalized spacial score (nSPS) is 27.4. The fraction of sp³-hybridized carbons (Fsp3) is 0.944. The van der Waals surface area contributed by atoms with E-state index < -0.39 is 46.9 Å². The molecule has 1 saturated heterocycles. The predicted molar refractivity (Wildman–Crippen MR) is 121 cm³/mol. The Labute approximate surface area is 192 Å². The Morgan fingerprint density at radius 1 is 0.968 bits per heavy atom. The van der Waals surface area contributed by atoms with Gasteiger partial charge in [0.05, 0.1) is 6.61 Å². The minimum atomic E-state index is -4.80. The van der Waals surface area contributed by atoms with E-state index in [0.717, 1.165) is 31.0 Å². The third-order valence-electron chi connectivity index (χ3n) is 4.82. The number of aliphatic hydroxyl groups excluding tert-OH is 4. The van der Waals surface area contributed by atoms with Gasteiger partial charge in [0.2, 0.25) is 0 Å². The quantitative estimate of drug-likeness (QED) is 0.0720. The molecule has 5 atom stereocenters. The first-order chi connectivity index (χ1) is 14.7. The molecule has 1 rings (SSSR count). The lowest BCUT2D eigenvalue weighted by molar-refractivity contribution is -0.205. The summed E-state index contributed by atoms with van der Waals surface area (Å²) in [5.41, 5.74) is -1.11. The fourth-order valence-electron chi connectivity index (χ4n) is 3.10. The summed E-state index contributed by atoms with van der Waals surface area (Å²) >= 11 is 2.67. The standard InChI is InChI=1S/C18H35NO9S3/c1-29-11-9-7-5-3-2-4-6-8-10-14(19-28-31(24,25)26)30-18-17(23)16(22)15(21)13(12-20)27-18/h13,15-18,20-23H,2-12H2,1H3,(H,24,25,26). The lowest BCUT2D eigenvalue weighted by atomic mass is 10.0. The summed E-state index contributed by atoms with van der Waals surface area (Å²) in [7, 11) is -4.80. The summed E-state index contributed by atoms with van der Waals surface area (Å²) in [6.07, 6.45) is 5.31. The van der Waals surface area contributed by atoms with Crippen LogP contribution in [-0.2, 0) is 19.4 Å². The zero-order valence-corrected chi connectivity index (χ0v) is 20.2. The summed E-state index contributed by atoms with van der Waals surface area (Å²) in [5.74, 6) is 1.19. The highest BCUT2D eigenvalue weighted by Gasteiger charge is 2.44. The van der Waals surface area contributed by atoms with Gasteiger partial charge >= 0.3 is 10.4 Å². The Balaban J connectivity index is 2.51. The molecule has 0 aromatic carbocycles. The van der Waals surface area contributed by atoms with Crippen LogP contribution < -0.4 is 0 Å². The number of rotatable bonds is 15. The maximum atomic E-state index is 10.9. The van der Waals surface area contributed by atoms with E-state index in [0.29, 0.717) is 12.8 Å².